The Kier molecular flexibility index (Phi) is 4.84. The van der Waals surface area contributed by atoms with E-state index in [1.165, 1.54) is 23.5 Å². The van der Waals surface area contributed by atoms with Crippen molar-refractivity contribution in [2.24, 2.45) is 0 Å². The predicted octanol–water partition coefficient (Wildman–Crippen LogP) is 3.70. The second-order valence-corrected chi connectivity index (χ2v) is 5.05. The molecule has 0 saturated carbocycles. The summed E-state index contributed by atoms with van der Waals surface area (Å²) in [7, 11) is 0. The molecule has 0 fully saturated rings. The Labute approximate surface area is 120 Å². The highest BCUT2D eigenvalue weighted by Gasteiger charge is 2.07. The van der Waals surface area contributed by atoms with Gasteiger partial charge in [0.15, 0.2) is 5.78 Å². The molecule has 0 N–H and O–H groups in total. The molecule has 0 aliphatic heterocycles. The van der Waals surface area contributed by atoms with Crippen LogP contribution in [0.1, 0.15) is 22.5 Å². The third-order valence-electron chi connectivity index (χ3n) is 2.66. The van der Waals surface area contributed by atoms with Gasteiger partial charge < -0.3 is 4.74 Å². The van der Waals surface area contributed by atoms with Crippen LogP contribution in [0.4, 0.5) is 5.69 Å². The first kappa shape index (κ1) is 14.2. The Morgan fingerprint density at radius 2 is 2.00 bits per heavy atom. The van der Waals surface area contributed by atoms with E-state index in [0.717, 1.165) is 4.88 Å². The third-order valence-corrected chi connectivity index (χ3v) is 3.57. The number of Topliss-reactive ketones (excluding diaryl/α,β-unsaturated/α-hetero) is 1. The van der Waals surface area contributed by atoms with Crippen molar-refractivity contribution in [2.75, 3.05) is 6.61 Å². The summed E-state index contributed by atoms with van der Waals surface area (Å²) in [5, 5.41) is 12.4. The zero-order valence-corrected chi connectivity index (χ0v) is 11.5. The van der Waals surface area contributed by atoms with Crippen molar-refractivity contribution in [1.82, 2.24) is 0 Å². The first-order valence-electron chi connectivity index (χ1n) is 6.11. The number of rotatable bonds is 7. The van der Waals surface area contributed by atoms with Gasteiger partial charge in [-0.1, -0.05) is 6.07 Å². The van der Waals surface area contributed by atoms with Gasteiger partial charge in [0.05, 0.1) is 16.4 Å². The SMILES string of the molecule is O=C(CCCOc1ccc([N+](=O)[O-])cc1)c1cccs1. The van der Waals surface area contributed by atoms with Crippen molar-refractivity contribution in [2.45, 2.75) is 12.8 Å². The van der Waals surface area contributed by atoms with Gasteiger partial charge in [-0.15, -0.1) is 11.3 Å². The highest BCUT2D eigenvalue weighted by atomic mass is 32.1. The van der Waals surface area contributed by atoms with Gasteiger partial charge in [0.2, 0.25) is 0 Å². The van der Waals surface area contributed by atoms with Crippen LogP contribution < -0.4 is 4.74 Å². The summed E-state index contributed by atoms with van der Waals surface area (Å²) >= 11 is 1.44. The van der Waals surface area contributed by atoms with Gasteiger partial charge in [-0.3, -0.25) is 14.9 Å². The second-order valence-electron chi connectivity index (χ2n) is 4.10. The second kappa shape index (κ2) is 6.81. The predicted molar refractivity (Wildman–Crippen MR) is 76.5 cm³/mol. The quantitative estimate of drug-likeness (QED) is 0.337. The lowest BCUT2D eigenvalue weighted by atomic mass is 10.2. The smallest absolute Gasteiger partial charge is 0.269 e. The average Bonchev–Trinajstić information content (AvgIpc) is 2.98. The van der Waals surface area contributed by atoms with E-state index in [1.807, 2.05) is 17.5 Å². The van der Waals surface area contributed by atoms with Crippen LogP contribution in [0.3, 0.4) is 0 Å². The summed E-state index contributed by atoms with van der Waals surface area (Å²) in [4.78, 5) is 22.5. The van der Waals surface area contributed by atoms with Crippen molar-refractivity contribution < 1.29 is 14.5 Å². The summed E-state index contributed by atoms with van der Waals surface area (Å²) in [5.41, 5.74) is 0.0326. The van der Waals surface area contributed by atoms with Gasteiger partial charge in [-0.2, -0.15) is 0 Å². The molecule has 0 aliphatic carbocycles. The highest BCUT2D eigenvalue weighted by molar-refractivity contribution is 7.12. The number of ether oxygens (including phenoxy) is 1. The Balaban J connectivity index is 1.73. The average molecular weight is 291 g/mol. The number of hydrogen-bond donors (Lipinski definition) is 0. The zero-order valence-electron chi connectivity index (χ0n) is 10.7. The molecule has 0 unspecified atom stereocenters. The van der Waals surface area contributed by atoms with Crippen molar-refractivity contribution in [3.63, 3.8) is 0 Å². The lowest BCUT2D eigenvalue weighted by molar-refractivity contribution is -0.384. The van der Waals surface area contributed by atoms with E-state index in [-0.39, 0.29) is 11.5 Å². The molecule has 20 heavy (non-hydrogen) atoms. The van der Waals surface area contributed by atoms with Crippen LogP contribution in [0.25, 0.3) is 0 Å². The van der Waals surface area contributed by atoms with Crippen LogP contribution >= 0.6 is 11.3 Å². The Morgan fingerprint density at radius 3 is 2.60 bits per heavy atom. The van der Waals surface area contributed by atoms with Crippen LogP contribution in [-0.2, 0) is 0 Å². The number of non-ortho nitro benzene ring substituents is 1. The number of hydrogen-bond acceptors (Lipinski definition) is 5. The molecule has 5 nitrogen and oxygen atoms in total. The van der Waals surface area contributed by atoms with Gasteiger partial charge >= 0.3 is 0 Å². The molecule has 6 heteroatoms. The molecule has 0 spiro atoms. The molecule has 0 saturated heterocycles. The number of thiophene rings is 1. The zero-order chi connectivity index (χ0) is 14.4. The summed E-state index contributed by atoms with van der Waals surface area (Å²) < 4.78 is 5.44. The Bertz CT molecular complexity index is 578. The number of nitro benzene ring substituents is 1. The van der Waals surface area contributed by atoms with E-state index in [2.05, 4.69) is 0 Å². The molecule has 0 atom stereocenters. The number of nitrogens with zero attached hydrogens (tertiary/aromatic N) is 1. The van der Waals surface area contributed by atoms with E-state index in [9.17, 15) is 14.9 Å². The maximum atomic E-state index is 11.7. The minimum Gasteiger partial charge on any atom is -0.494 e. The largest absolute Gasteiger partial charge is 0.494 e. The number of carbonyl (C=O) groups excluding carboxylic acids is 1. The van der Waals surface area contributed by atoms with Crippen molar-refractivity contribution >= 4 is 22.8 Å². The fourth-order valence-corrected chi connectivity index (χ4v) is 2.34. The third kappa shape index (κ3) is 3.89. The molecule has 1 aromatic carbocycles. The minimum absolute atomic E-state index is 0.0326. The summed E-state index contributed by atoms with van der Waals surface area (Å²) in [6.45, 7) is 0.412. The fraction of sp³-hybridized carbons (Fsp3) is 0.214. The molecule has 2 aromatic rings. The molecule has 0 bridgehead atoms. The molecule has 1 aromatic heterocycles. The first-order chi connectivity index (χ1) is 9.66. The number of ketones is 1. The van der Waals surface area contributed by atoms with Crippen LogP contribution in [0.15, 0.2) is 41.8 Å². The molecule has 0 amide bonds. The van der Waals surface area contributed by atoms with Crippen molar-refractivity contribution in [1.29, 1.82) is 0 Å². The first-order valence-corrected chi connectivity index (χ1v) is 6.99. The Morgan fingerprint density at radius 1 is 1.25 bits per heavy atom. The minimum atomic E-state index is -0.455. The van der Waals surface area contributed by atoms with Crippen LogP contribution in [0, 0.1) is 10.1 Å². The standard InChI is InChI=1S/C14H13NO4S/c16-13(14-4-2-10-20-14)3-1-9-19-12-7-5-11(6-8-12)15(17)18/h2,4-8,10H,1,3,9H2. The van der Waals surface area contributed by atoms with Gasteiger partial charge in [-0.05, 0) is 30.0 Å². The molecular weight excluding hydrogens is 278 g/mol. The monoisotopic (exact) mass is 291 g/mol. The lowest BCUT2D eigenvalue weighted by Gasteiger charge is -2.05. The fourth-order valence-electron chi connectivity index (χ4n) is 1.65. The van der Waals surface area contributed by atoms with E-state index < -0.39 is 4.92 Å². The van der Waals surface area contributed by atoms with E-state index >= 15 is 0 Å². The van der Waals surface area contributed by atoms with E-state index in [4.69, 9.17) is 4.74 Å². The maximum absolute atomic E-state index is 11.7. The lowest BCUT2D eigenvalue weighted by Crippen LogP contribution is -2.02. The topological polar surface area (TPSA) is 69.4 Å². The molecular formula is C14H13NO4S. The van der Waals surface area contributed by atoms with E-state index in [1.54, 1.807) is 12.1 Å². The molecule has 104 valence electrons. The number of carbonyl (C=O) groups is 1. The summed E-state index contributed by atoms with van der Waals surface area (Å²) in [5.74, 6) is 0.687. The normalized spacial score (nSPS) is 10.2. The van der Waals surface area contributed by atoms with Gasteiger partial charge in [-0.25, -0.2) is 0 Å². The molecule has 1 heterocycles. The van der Waals surface area contributed by atoms with Gasteiger partial charge in [0, 0.05) is 18.6 Å². The Hall–Kier alpha value is -2.21. The number of benzene rings is 1. The van der Waals surface area contributed by atoms with Gasteiger partial charge in [0.1, 0.15) is 5.75 Å². The van der Waals surface area contributed by atoms with Gasteiger partial charge in [0.25, 0.3) is 5.69 Å². The van der Waals surface area contributed by atoms with Crippen LogP contribution in [-0.4, -0.2) is 17.3 Å². The highest BCUT2D eigenvalue weighted by Crippen LogP contribution is 2.18. The summed E-state index contributed by atoms with van der Waals surface area (Å²) in [6, 6.07) is 9.56. The molecule has 0 radical (unpaired) electrons. The van der Waals surface area contributed by atoms with Crippen molar-refractivity contribution in [3.05, 3.63) is 56.8 Å². The summed E-state index contributed by atoms with van der Waals surface area (Å²) in [6.07, 6.45) is 1.06. The molecule has 0 aliphatic rings. The van der Waals surface area contributed by atoms with Crippen LogP contribution in [0.5, 0.6) is 5.75 Å². The van der Waals surface area contributed by atoms with E-state index in [0.29, 0.717) is 25.2 Å². The van der Waals surface area contributed by atoms with Crippen LogP contribution in [0.2, 0.25) is 0 Å². The molecule has 2 rings (SSSR count). The number of nitro groups is 1. The van der Waals surface area contributed by atoms with Crippen molar-refractivity contribution in [3.8, 4) is 5.75 Å². The maximum Gasteiger partial charge on any atom is 0.269 e.